The summed E-state index contributed by atoms with van der Waals surface area (Å²) in [5.74, 6) is -0.829. The first kappa shape index (κ1) is 20.3. The molecule has 0 aromatic heterocycles. The standard InChI is InChI=1S/C20H17N3O5S/c1-13-5-7-15(8-6-13)21-18(24)9-10-22-19(25)17(29-20(22)26)12-14-3-2-4-16(11-14)23(27)28/h2-8,11-12H,9-10H2,1H3,(H,21,24)/b17-12-. The van der Waals surface area contributed by atoms with Crippen molar-refractivity contribution in [2.24, 2.45) is 0 Å². The van der Waals surface area contributed by atoms with Gasteiger partial charge in [0.05, 0.1) is 9.83 Å². The fourth-order valence-electron chi connectivity index (χ4n) is 2.65. The number of nitro groups is 1. The molecule has 1 fully saturated rings. The number of amides is 3. The molecule has 1 aliphatic rings. The van der Waals surface area contributed by atoms with Gasteiger partial charge in [0.2, 0.25) is 5.91 Å². The lowest BCUT2D eigenvalue weighted by Crippen LogP contribution is -2.31. The van der Waals surface area contributed by atoms with E-state index in [1.165, 1.54) is 24.3 Å². The molecule has 0 aliphatic carbocycles. The zero-order valence-corrected chi connectivity index (χ0v) is 16.3. The van der Waals surface area contributed by atoms with Crippen LogP contribution in [0.3, 0.4) is 0 Å². The van der Waals surface area contributed by atoms with Gasteiger partial charge in [-0.2, -0.15) is 0 Å². The highest BCUT2D eigenvalue weighted by Crippen LogP contribution is 2.32. The maximum absolute atomic E-state index is 12.5. The molecule has 1 heterocycles. The van der Waals surface area contributed by atoms with Gasteiger partial charge in [-0.1, -0.05) is 29.8 Å². The Labute approximate surface area is 170 Å². The molecule has 0 radical (unpaired) electrons. The number of aryl methyl sites for hydroxylation is 1. The van der Waals surface area contributed by atoms with Crippen LogP contribution in [0.25, 0.3) is 6.08 Å². The van der Waals surface area contributed by atoms with Gasteiger partial charge in [0, 0.05) is 30.8 Å². The van der Waals surface area contributed by atoms with Crippen LogP contribution in [-0.2, 0) is 9.59 Å². The quantitative estimate of drug-likeness (QED) is 0.438. The van der Waals surface area contributed by atoms with Crippen molar-refractivity contribution >= 4 is 46.3 Å². The second kappa shape index (κ2) is 8.70. The van der Waals surface area contributed by atoms with E-state index in [0.717, 1.165) is 22.2 Å². The number of nitrogens with one attached hydrogen (secondary N) is 1. The molecular formula is C20H17N3O5S. The monoisotopic (exact) mass is 411 g/mol. The smallest absolute Gasteiger partial charge is 0.293 e. The van der Waals surface area contributed by atoms with Gasteiger partial charge in [0.15, 0.2) is 0 Å². The number of rotatable bonds is 6. The lowest BCUT2D eigenvalue weighted by Gasteiger charge is -2.12. The summed E-state index contributed by atoms with van der Waals surface area (Å²) in [4.78, 5) is 48.2. The van der Waals surface area contributed by atoms with Crippen LogP contribution in [0.1, 0.15) is 17.5 Å². The Kier molecular flexibility index (Phi) is 6.08. The molecular weight excluding hydrogens is 394 g/mol. The average molecular weight is 411 g/mol. The van der Waals surface area contributed by atoms with Crippen molar-refractivity contribution in [3.8, 4) is 0 Å². The van der Waals surface area contributed by atoms with Crippen LogP contribution in [0.2, 0.25) is 0 Å². The Balaban J connectivity index is 1.63. The molecule has 0 spiro atoms. The number of carbonyl (C=O) groups excluding carboxylic acids is 3. The predicted molar refractivity (Wildman–Crippen MR) is 110 cm³/mol. The number of hydrogen-bond donors (Lipinski definition) is 1. The van der Waals surface area contributed by atoms with Gasteiger partial charge in [-0.05, 0) is 42.5 Å². The number of imide groups is 1. The molecule has 148 valence electrons. The minimum atomic E-state index is -0.532. The van der Waals surface area contributed by atoms with Gasteiger partial charge in [-0.25, -0.2) is 0 Å². The van der Waals surface area contributed by atoms with E-state index in [-0.39, 0.29) is 29.5 Å². The van der Waals surface area contributed by atoms with Crippen LogP contribution >= 0.6 is 11.8 Å². The van der Waals surface area contributed by atoms with Crippen LogP contribution in [0, 0.1) is 17.0 Å². The van der Waals surface area contributed by atoms with Crippen molar-refractivity contribution in [1.29, 1.82) is 0 Å². The topological polar surface area (TPSA) is 110 Å². The van der Waals surface area contributed by atoms with E-state index in [9.17, 15) is 24.5 Å². The normalized spacial score (nSPS) is 15.1. The van der Waals surface area contributed by atoms with E-state index in [1.807, 2.05) is 19.1 Å². The highest BCUT2D eigenvalue weighted by Gasteiger charge is 2.35. The summed E-state index contributed by atoms with van der Waals surface area (Å²) >= 11 is 0.745. The van der Waals surface area contributed by atoms with Gasteiger partial charge >= 0.3 is 0 Å². The molecule has 0 unspecified atom stereocenters. The first-order chi connectivity index (χ1) is 13.8. The minimum absolute atomic E-state index is 0.0317. The number of benzene rings is 2. The van der Waals surface area contributed by atoms with E-state index < -0.39 is 16.1 Å². The lowest BCUT2D eigenvalue weighted by atomic mass is 10.2. The third kappa shape index (κ3) is 5.08. The number of carbonyl (C=O) groups is 3. The van der Waals surface area contributed by atoms with Crippen molar-refractivity contribution in [2.45, 2.75) is 13.3 Å². The second-order valence-electron chi connectivity index (χ2n) is 6.35. The molecule has 0 atom stereocenters. The molecule has 0 saturated carbocycles. The highest BCUT2D eigenvalue weighted by molar-refractivity contribution is 8.18. The van der Waals surface area contributed by atoms with Crippen LogP contribution in [0.15, 0.2) is 53.4 Å². The van der Waals surface area contributed by atoms with Crippen molar-refractivity contribution in [1.82, 2.24) is 4.90 Å². The molecule has 3 rings (SSSR count). The van der Waals surface area contributed by atoms with Gasteiger partial charge in [0.1, 0.15) is 0 Å². The number of nitrogens with zero attached hydrogens (tertiary/aromatic N) is 2. The summed E-state index contributed by atoms with van der Waals surface area (Å²) in [5, 5.41) is 13.1. The molecule has 3 amide bonds. The number of non-ortho nitro benzene ring substituents is 1. The number of hydrogen-bond acceptors (Lipinski definition) is 6. The third-order valence-electron chi connectivity index (χ3n) is 4.15. The van der Waals surface area contributed by atoms with E-state index in [0.29, 0.717) is 11.3 Å². The Morgan fingerprint density at radius 3 is 2.62 bits per heavy atom. The SMILES string of the molecule is Cc1ccc(NC(=O)CCN2C(=O)S/C(=C\c3cccc([N+](=O)[O-])c3)C2=O)cc1. The molecule has 8 nitrogen and oxygen atoms in total. The van der Waals surface area contributed by atoms with Crippen LogP contribution in [-0.4, -0.2) is 33.4 Å². The zero-order chi connectivity index (χ0) is 21.0. The van der Waals surface area contributed by atoms with E-state index in [2.05, 4.69) is 5.32 Å². The summed E-state index contributed by atoms with van der Waals surface area (Å²) in [6, 6.07) is 13.1. The fourth-order valence-corrected chi connectivity index (χ4v) is 3.51. The number of nitro benzene ring substituents is 1. The largest absolute Gasteiger partial charge is 0.326 e. The molecule has 1 N–H and O–H groups in total. The molecule has 0 bridgehead atoms. The molecule has 2 aromatic rings. The summed E-state index contributed by atoms with van der Waals surface area (Å²) < 4.78 is 0. The lowest BCUT2D eigenvalue weighted by molar-refractivity contribution is -0.384. The van der Waals surface area contributed by atoms with Gasteiger partial charge in [0.25, 0.3) is 16.8 Å². The zero-order valence-electron chi connectivity index (χ0n) is 15.5. The summed E-state index contributed by atoms with van der Waals surface area (Å²) in [7, 11) is 0. The van der Waals surface area contributed by atoms with Crippen molar-refractivity contribution in [3.63, 3.8) is 0 Å². The maximum atomic E-state index is 12.5. The summed E-state index contributed by atoms with van der Waals surface area (Å²) in [6.07, 6.45) is 1.40. The molecule has 1 saturated heterocycles. The summed E-state index contributed by atoms with van der Waals surface area (Å²) in [6.45, 7) is 1.89. The van der Waals surface area contributed by atoms with E-state index in [1.54, 1.807) is 18.2 Å². The Morgan fingerprint density at radius 2 is 1.93 bits per heavy atom. The first-order valence-corrected chi connectivity index (χ1v) is 9.51. The molecule has 2 aromatic carbocycles. The molecule has 9 heteroatoms. The fraction of sp³-hybridized carbons (Fsp3) is 0.150. The highest BCUT2D eigenvalue weighted by atomic mass is 32.2. The molecule has 1 aliphatic heterocycles. The Morgan fingerprint density at radius 1 is 1.21 bits per heavy atom. The predicted octanol–water partition coefficient (Wildman–Crippen LogP) is 3.97. The second-order valence-corrected chi connectivity index (χ2v) is 7.34. The van der Waals surface area contributed by atoms with Crippen LogP contribution in [0.4, 0.5) is 16.2 Å². The Bertz CT molecular complexity index is 1020. The van der Waals surface area contributed by atoms with Gasteiger partial charge < -0.3 is 5.32 Å². The van der Waals surface area contributed by atoms with Crippen molar-refractivity contribution < 1.29 is 19.3 Å². The first-order valence-electron chi connectivity index (χ1n) is 8.70. The van der Waals surface area contributed by atoms with E-state index >= 15 is 0 Å². The molecule has 29 heavy (non-hydrogen) atoms. The van der Waals surface area contributed by atoms with Crippen molar-refractivity contribution in [2.75, 3.05) is 11.9 Å². The average Bonchev–Trinajstić information content (AvgIpc) is 2.95. The van der Waals surface area contributed by atoms with Crippen molar-refractivity contribution in [3.05, 3.63) is 74.7 Å². The number of anilines is 1. The van der Waals surface area contributed by atoms with E-state index in [4.69, 9.17) is 0 Å². The van der Waals surface area contributed by atoms with Crippen LogP contribution < -0.4 is 5.32 Å². The van der Waals surface area contributed by atoms with Crippen LogP contribution in [0.5, 0.6) is 0 Å². The van der Waals surface area contributed by atoms with Gasteiger partial charge in [-0.3, -0.25) is 29.4 Å². The minimum Gasteiger partial charge on any atom is -0.326 e. The Hall–Kier alpha value is -3.46. The summed E-state index contributed by atoms with van der Waals surface area (Å²) in [5.41, 5.74) is 2.05. The number of thioether (sulfide) groups is 1. The third-order valence-corrected chi connectivity index (χ3v) is 5.06. The van der Waals surface area contributed by atoms with Gasteiger partial charge in [-0.15, -0.1) is 0 Å². The maximum Gasteiger partial charge on any atom is 0.293 e.